The fourth-order valence-corrected chi connectivity index (χ4v) is 2.34. The molecule has 1 aromatic carbocycles. The number of hydrogen-bond donors (Lipinski definition) is 2. The molecule has 5 heteroatoms. The maximum absolute atomic E-state index is 12.4. The number of carbonyl (C=O) groups is 1. The van der Waals surface area contributed by atoms with Crippen LogP contribution in [-0.2, 0) is 11.3 Å². The Morgan fingerprint density at radius 1 is 1.32 bits per heavy atom. The van der Waals surface area contributed by atoms with Crippen LogP contribution in [0.3, 0.4) is 0 Å². The van der Waals surface area contributed by atoms with E-state index in [4.69, 9.17) is 5.73 Å². The van der Waals surface area contributed by atoms with Gasteiger partial charge in [0.05, 0.1) is 11.1 Å². The number of para-hydroxylation sites is 1. The lowest BCUT2D eigenvalue weighted by atomic mass is 9.88. The Morgan fingerprint density at radius 2 is 2.00 bits per heavy atom. The quantitative estimate of drug-likeness (QED) is 0.878. The van der Waals surface area contributed by atoms with E-state index < -0.39 is 5.54 Å². The van der Waals surface area contributed by atoms with Gasteiger partial charge >= 0.3 is 0 Å². The van der Waals surface area contributed by atoms with Gasteiger partial charge in [-0.2, -0.15) is 0 Å². The molecule has 1 unspecified atom stereocenters. The van der Waals surface area contributed by atoms with Gasteiger partial charge in [0, 0.05) is 24.2 Å². The van der Waals surface area contributed by atoms with Gasteiger partial charge in [0.15, 0.2) is 5.43 Å². The van der Waals surface area contributed by atoms with Crippen molar-refractivity contribution in [1.82, 2.24) is 9.88 Å². The number of nitrogens with zero attached hydrogens (tertiary/aromatic N) is 1. The molecule has 2 aromatic rings. The molecule has 22 heavy (non-hydrogen) atoms. The molecule has 0 saturated heterocycles. The van der Waals surface area contributed by atoms with E-state index in [2.05, 4.69) is 5.32 Å². The largest absolute Gasteiger partial charge is 0.348 e. The predicted molar refractivity (Wildman–Crippen MR) is 88.6 cm³/mol. The molecule has 1 heterocycles. The molecule has 0 spiro atoms. The number of benzene rings is 1. The number of amides is 1. The number of fused-ring (bicyclic) bond motifs is 1. The number of hydrogen-bond acceptors (Lipinski definition) is 3. The molecule has 1 atom stereocenters. The maximum Gasteiger partial charge on any atom is 0.240 e. The minimum atomic E-state index is -0.439. The van der Waals surface area contributed by atoms with Crippen molar-refractivity contribution >= 4 is 16.8 Å². The minimum Gasteiger partial charge on any atom is -0.348 e. The molecule has 0 radical (unpaired) electrons. The van der Waals surface area contributed by atoms with E-state index in [1.807, 2.05) is 39.0 Å². The molecule has 0 bridgehead atoms. The molecule has 0 aliphatic rings. The van der Waals surface area contributed by atoms with E-state index in [1.54, 1.807) is 16.8 Å². The van der Waals surface area contributed by atoms with Crippen molar-refractivity contribution in [3.8, 4) is 0 Å². The van der Waals surface area contributed by atoms with Crippen molar-refractivity contribution < 1.29 is 4.79 Å². The Kier molecular flexibility index (Phi) is 4.66. The second-order valence-corrected chi connectivity index (χ2v) is 6.15. The molecule has 1 amide bonds. The van der Waals surface area contributed by atoms with Gasteiger partial charge in [-0.3, -0.25) is 9.59 Å². The first kappa shape index (κ1) is 16.2. The zero-order valence-corrected chi connectivity index (χ0v) is 13.3. The highest BCUT2D eigenvalue weighted by Crippen LogP contribution is 2.15. The second kappa shape index (κ2) is 6.32. The molecule has 0 fully saturated rings. The third-order valence-electron chi connectivity index (χ3n) is 4.32. The third kappa shape index (κ3) is 3.20. The molecule has 0 aliphatic heterocycles. The van der Waals surface area contributed by atoms with Crippen LogP contribution in [0, 0.1) is 5.92 Å². The van der Waals surface area contributed by atoms with E-state index in [1.165, 1.54) is 6.07 Å². The van der Waals surface area contributed by atoms with Crippen molar-refractivity contribution in [3.05, 3.63) is 46.8 Å². The van der Waals surface area contributed by atoms with Crippen LogP contribution in [-0.4, -0.2) is 22.6 Å². The number of nitrogens with one attached hydrogen (secondary N) is 1. The van der Waals surface area contributed by atoms with Crippen molar-refractivity contribution in [2.45, 2.75) is 32.9 Å². The van der Waals surface area contributed by atoms with Gasteiger partial charge in [0.2, 0.25) is 5.91 Å². The van der Waals surface area contributed by atoms with Crippen molar-refractivity contribution in [2.75, 3.05) is 6.54 Å². The third-order valence-corrected chi connectivity index (χ3v) is 4.32. The van der Waals surface area contributed by atoms with Gasteiger partial charge < -0.3 is 15.6 Å². The Bertz CT molecular complexity index is 736. The number of aromatic nitrogens is 1. The summed E-state index contributed by atoms with van der Waals surface area (Å²) in [5.74, 6) is 0.114. The minimum absolute atomic E-state index is 0.0405. The number of carbonyl (C=O) groups excluding carboxylic acids is 1. The van der Waals surface area contributed by atoms with Crippen LogP contribution in [0.4, 0.5) is 0 Å². The summed E-state index contributed by atoms with van der Waals surface area (Å²) >= 11 is 0. The maximum atomic E-state index is 12.4. The standard InChI is InChI=1S/C17H23N3O2/c1-12(2)17(3,11-18)19-16(22)10-20-9-8-15(21)13-6-4-5-7-14(13)20/h4-9,12H,10-11,18H2,1-3H3,(H,19,22). The van der Waals surface area contributed by atoms with Gasteiger partial charge in [-0.25, -0.2) is 0 Å². The molecular weight excluding hydrogens is 278 g/mol. The van der Waals surface area contributed by atoms with E-state index >= 15 is 0 Å². The lowest BCUT2D eigenvalue weighted by Gasteiger charge is -2.33. The predicted octanol–water partition coefficient (Wildman–Crippen LogP) is 1.49. The monoisotopic (exact) mass is 301 g/mol. The Labute approximate surface area is 130 Å². The first-order valence-electron chi connectivity index (χ1n) is 7.46. The summed E-state index contributed by atoms with van der Waals surface area (Å²) in [5, 5.41) is 3.62. The molecule has 0 aliphatic carbocycles. The zero-order chi connectivity index (χ0) is 16.3. The molecule has 3 N–H and O–H groups in total. The number of pyridine rings is 1. The summed E-state index contributed by atoms with van der Waals surface area (Å²) in [5.41, 5.74) is 6.07. The van der Waals surface area contributed by atoms with Crippen molar-refractivity contribution in [1.29, 1.82) is 0 Å². The summed E-state index contributed by atoms with van der Waals surface area (Å²) < 4.78 is 1.78. The van der Waals surface area contributed by atoms with Crippen LogP contribution in [0.1, 0.15) is 20.8 Å². The summed E-state index contributed by atoms with van der Waals surface area (Å²) in [6, 6.07) is 8.77. The summed E-state index contributed by atoms with van der Waals surface area (Å²) in [6.45, 7) is 6.54. The molecule has 2 rings (SSSR count). The number of rotatable bonds is 5. The molecular formula is C17H23N3O2. The Balaban J connectivity index is 2.26. The van der Waals surface area contributed by atoms with Crippen LogP contribution in [0.25, 0.3) is 10.9 Å². The van der Waals surface area contributed by atoms with Crippen LogP contribution in [0.5, 0.6) is 0 Å². The fourth-order valence-electron chi connectivity index (χ4n) is 2.34. The van der Waals surface area contributed by atoms with Crippen molar-refractivity contribution in [3.63, 3.8) is 0 Å². The highest BCUT2D eigenvalue weighted by molar-refractivity contribution is 5.82. The molecule has 118 valence electrons. The van der Waals surface area contributed by atoms with Crippen LogP contribution in [0.2, 0.25) is 0 Å². The van der Waals surface area contributed by atoms with Gasteiger partial charge in [-0.15, -0.1) is 0 Å². The van der Waals surface area contributed by atoms with E-state index in [-0.39, 0.29) is 23.8 Å². The van der Waals surface area contributed by atoms with Gasteiger partial charge in [-0.1, -0.05) is 26.0 Å². The lowest BCUT2D eigenvalue weighted by Crippen LogP contribution is -2.55. The Morgan fingerprint density at radius 3 is 2.64 bits per heavy atom. The normalized spacial score (nSPS) is 14.0. The van der Waals surface area contributed by atoms with E-state index in [0.29, 0.717) is 11.9 Å². The van der Waals surface area contributed by atoms with Gasteiger partial charge in [0.1, 0.15) is 6.54 Å². The van der Waals surface area contributed by atoms with Crippen molar-refractivity contribution in [2.24, 2.45) is 11.7 Å². The van der Waals surface area contributed by atoms with Crippen LogP contribution in [0.15, 0.2) is 41.3 Å². The lowest BCUT2D eigenvalue weighted by molar-refractivity contribution is -0.123. The van der Waals surface area contributed by atoms with Crippen LogP contribution < -0.4 is 16.5 Å². The van der Waals surface area contributed by atoms with E-state index in [9.17, 15) is 9.59 Å². The molecule has 0 saturated carbocycles. The summed E-state index contributed by atoms with van der Waals surface area (Å²) in [6.07, 6.45) is 1.65. The fraction of sp³-hybridized carbons (Fsp3) is 0.412. The highest BCUT2D eigenvalue weighted by Gasteiger charge is 2.28. The SMILES string of the molecule is CC(C)C(C)(CN)NC(=O)Cn1ccc(=O)c2ccccc21. The average molecular weight is 301 g/mol. The zero-order valence-electron chi connectivity index (χ0n) is 13.3. The molecule has 5 nitrogen and oxygen atoms in total. The van der Waals surface area contributed by atoms with Gasteiger partial charge in [-0.05, 0) is 25.0 Å². The summed E-state index contributed by atoms with van der Waals surface area (Å²) in [7, 11) is 0. The number of nitrogens with two attached hydrogens (primary N) is 1. The van der Waals surface area contributed by atoms with E-state index in [0.717, 1.165) is 5.52 Å². The van der Waals surface area contributed by atoms with Crippen LogP contribution >= 0.6 is 0 Å². The topological polar surface area (TPSA) is 77.1 Å². The first-order valence-corrected chi connectivity index (χ1v) is 7.46. The first-order chi connectivity index (χ1) is 10.4. The average Bonchev–Trinajstić information content (AvgIpc) is 2.50. The Hall–Kier alpha value is -2.14. The second-order valence-electron chi connectivity index (χ2n) is 6.15. The highest BCUT2D eigenvalue weighted by atomic mass is 16.2. The molecule has 1 aromatic heterocycles. The smallest absolute Gasteiger partial charge is 0.240 e. The van der Waals surface area contributed by atoms with Gasteiger partial charge in [0.25, 0.3) is 0 Å². The summed E-state index contributed by atoms with van der Waals surface area (Å²) in [4.78, 5) is 24.2.